The van der Waals surface area contributed by atoms with Gasteiger partial charge in [-0.05, 0) is 49.2 Å². The fourth-order valence-corrected chi connectivity index (χ4v) is 3.59. The molecular weight excluding hydrogens is 322 g/mol. The molecule has 0 fully saturated rings. The molecule has 2 heterocycles. The number of fused-ring (bicyclic) bond motifs is 1. The molecule has 0 N–H and O–H groups in total. The number of hydrogen-bond donors (Lipinski definition) is 0. The molecule has 0 aliphatic carbocycles. The number of rotatable bonds is 3. The summed E-state index contributed by atoms with van der Waals surface area (Å²) in [4.78, 5) is 21.6. The minimum absolute atomic E-state index is 0.0594. The maximum Gasteiger partial charge on any atom is 0.261 e. The number of carbonyl (C=O) groups is 1. The molecule has 1 aliphatic rings. The number of pyridine rings is 1. The largest absolute Gasteiger partial charge is 0.322 e. The maximum atomic E-state index is 13.2. The average molecular weight is 343 g/mol. The minimum Gasteiger partial charge on any atom is -0.322 e. The topological polar surface area (TPSA) is 36.4 Å². The van der Waals surface area contributed by atoms with Crippen molar-refractivity contribution in [3.05, 3.63) is 84.1 Å². The van der Waals surface area contributed by atoms with Crippen LogP contribution in [0.2, 0.25) is 0 Å². The summed E-state index contributed by atoms with van der Waals surface area (Å²) in [5.41, 5.74) is 3.90. The molecule has 0 radical (unpaired) electrons. The molecular formula is C22H21N3O. The van der Waals surface area contributed by atoms with Gasteiger partial charge < -0.3 is 9.80 Å². The van der Waals surface area contributed by atoms with Gasteiger partial charge in [0.05, 0.1) is 5.56 Å². The smallest absolute Gasteiger partial charge is 0.261 e. The van der Waals surface area contributed by atoms with Gasteiger partial charge in [-0.3, -0.25) is 4.79 Å². The van der Waals surface area contributed by atoms with Gasteiger partial charge in [-0.25, -0.2) is 4.98 Å². The molecule has 0 saturated carbocycles. The average Bonchev–Trinajstić information content (AvgIpc) is 3.03. The molecule has 2 aromatic carbocycles. The van der Waals surface area contributed by atoms with Crippen LogP contribution in [0.3, 0.4) is 0 Å². The summed E-state index contributed by atoms with van der Waals surface area (Å²) in [5, 5.41) is 0. The number of benzene rings is 2. The Labute approximate surface area is 153 Å². The van der Waals surface area contributed by atoms with Gasteiger partial charge in [0.15, 0.2) is 0 Å². The van der Waals surface area contributed by atoms with E-state index in [-0.39, 0.29) is 11.9 Å². The summed E-state index contributed by atoms with van der Waals surface area (Å²) in [6.45, 7) is 2.17. The highest BCUT2D eigenvalue weighted by molar-refractivity contribution is 6.09. The molecule has 1 atom stereocenters. The number of nitrogens with zero attached hydrogens (tertiary/aromatic N) is 3. The molecule has 0 spiro atoms. The summed E-state index contributed by atoms with van der Waals surface area (Å²) >= 11 is 0. The molecule has 1 amide bonds. The first-order valence-corrected chi connectivity index (χ1v) is 8.82. The summed E-state index contributed by atoms with van der Waals surface area (Å²) in [5.74, 6) is 0.661. The fraction of sp³-hybridized carbons (Fsp3) is 0.182. The van der Waals surface area contributed by atoms with Crippen molar-refractivity contribution in [2.75, 3.05) is 16.8 Å². The zero-order chi connectivity index (χ0) is 18.1. The van der Waals surface area contributed by atoms with Crippen LogP contribution in [-0.4, -0.2) is 24.0 Å². The Balaban J connectivity index is 1.75. The van der Waals surface area contributed by atoms with Gasteiger partial charge in [0, 0.05) is 30.7 Å². The summed E-state index contributed by atoms with van der Waals surface area (Å²) in [6, 6.07) is 22.0. The van der Waals surface area contributed by atoms with Crippen molar-refractivity contribution in [3.8, 4) is 0 Å². The Morgan fingerprint density at radius 2 is 1.77 bits per heavy atom. The third-order valence-electron chi connectivity index (χ3n) is 4.90. The van der Waals surface area contributed by atoms with Gasteiger partial charge in [-0.1, -0.05) is 36.4 Å². The first-order valence-electron chi connectivity index (χ1n) is 8.82. The van der Waals surface area contributed by atoms with Crippen LogP contribution in [0, 0.1) is 0 Å². The van der Waals surface area contributed by atoms with E-state index < -0.39 is 0 Å². The number of anilines is 3. The molecule has 26 heavy (non-hydrogen) atoms. The van der Waals surface area contributed by atoms with E-state index in [4.69, 9.17) is 0 Å². The molecule has 130 valence electrons. The molecule has 4 nitrogen and oxygen atoms in total. The molecule has 3 aromatic rings. The van der Waals surface area contributed by atoms with Crippen molar-refractivity contribution in [1.82, 2.24) is 4.98 Å². The van der Waals surface area contributed by atoms with E-state index in [0.717, 1.165) is 23.6 Å². The molecule has 1 aliphatic heterocycles. The second-order valence-electron chi connectivity index (χ2n) is 6.63. The Bertz CT molecular complexity index is 939. The number of carbonyl (C=O) groups excluding carboxylic acids is 1. The van der Waals surface area contributed by atoms with Crippen LogP contribution < -0.4 is 9.80 Å². The quantitative estimate of drug-likeness (QED) is 0.705. The maximum absolute atomic E-state index is 13.2. The summed E-state index contributed by atoms with van der Waals surface area (Å²) < 4.78 is 0. The van der Waals surface area contributed by atoms with Crippen LogP contribution in [0.15, 0.2) is 72.9 Å². The lowest BCUT2D eigenvalue weighted by Crippen LogP contribution is -2.31. The number of para-hydroxylation sites is 2. The zero-order valence-electron chi connectivity index (χ0n) is 15.0. The van der Waals surface area contributed by atoms with E-state index in [1.165, 1.54) is 5.56 Å². The fourth-order valence-electron chi connectivity index (χ4n) is 3.59. The zero-order valence-corrected chi connectivity index (χ0v) is 15.0. The summed E-state index contributed by atoms with van der Waals surface area (Å²) in [7, 11) is 1.80. The monoisotopic (exact) mass is 343 g/mol. The summed E-state index contributed by atoms with van der Waals surface area (Å²) in [6.07, 6.45) is 2.71. The molecule has 4 rings (SSSR count). The van der Waals surface area contributed by atoms with Crippen LogP contribution in [-0.2, 0) is 6.42 Å². The second kappa shape index (κ2) is 6.64. The molecule has 0 saturated heterocycles. The predicted octanol–water partition coefficient (Wildman–Crippen LogP) is 4.44. The van der Waals surface area contributed by atoms with Crippen LogP contribution in [0.5, 0.6) is 0 Å². The van der Waals surface area contributed by atoms with Gasteiger partial charge in [-0.2, -0.15) is 0 Å². The van der Waals surface area contributed by atoms with Crippen molar-refractivity contribution in [3.63, 3.8) is 0 Å². The van der Waals surface area contributed by atoms with Gasteiger partial charge in [0.2, 0.25) is 0 Å². The lowest BCUT2D eigenvalue weighted by Gasteiger charge is -2.27. The van der Waals surface area contributed by atoms with Gasteiger partial charge >= 0.3 is 0 Å². The SMILES string of the molecule is CC1Cc2ccccc2N1c1ncccc1C(=O)N(C)c1ccccc1. The van der Waals surface area contributed by atoms with E-state index in [1.807, 2.05) is 48.5 Å². The van der Waals surface area contributed by atoms with E-state index >= 15 is 0 Å². The van der Waals surface area contributed by atoms with E-state index in [9.17, 15) is 4.79 Å². The molecule has 0 bridgehead atoms. The van der Waals surface area contributed by atoms with Crippen molar-refractivity contribution in [1.29, 1.82) is 0 Å². The highest BCUT2D eigenvalue weighted by Gasteiger charge is 2.31. The lowest BCUT2D eigenvalue weighted by atomic mass is 10.1. The normalized spacial score (nSPS) is 15.6. The van der Waals surface area contributed by atoms with Gasteiger partial charge in [0.1, 0.15) is 5.82 Å². The second-order valence-corrected chi connectivity index (χ2v) is 6.63. The van der Waals surface area contributed by atoms with Crippen molar-refractivity contribution in [2.45, 2.75) is 19.4 Å². The molecule has 4 heteroatoms. The number of hydrogen-bond acceptors (Lipinski definition) is 3. The highest BCUT2D eigenvalue weighted by Crippen LogP contribution is 2.38. The van der Waals surface area contributed by atoms with Gasteiger partial charge in [0.25, 0.3) is 5.91 Å². The van der Waals surface area contributed by atoms with Crippen LogP contribution in [0.25, 0.3) is 0 Å². The Hall–Kier alpha value is -3.14. The van der Waals surface area contributed by atoms with E-state index in [1.54, 1.807) is 18.1 Å². The van der Waals surface area contributed by atoms with E-state index in [0.29, 0.717) is 5.56 Å². The Kier molecular flexibility index (Phi) is 4.17. The Morgan fingerprint density at radius 3 is 2.58 bits per heavy atom. The van der Waals surface area contributed by atoms with Gasteiger partial charge in [-0.15, -0.1) is 0 Å². The predicted molar refractivity (Wildman–Crippen MR) is 105 cm³/mol. The lowest BCUT2D eigenvalue weighted by molar-refractivity contribution is 0.0993. The molecule has 1 aromatic heterocycles. The third kappa shape index (κ3) is 2.73. The first kappa shape index (κ1) is 16.3. The first-order chi connectivity index (χ1) is 12.7. The molecule has 1 unspecified atom stereocenters. The highest BCUT2D eigenvalue weighted by atomic mass is 16.2. The van der Waals surface area contributed by atoms with Crippen molar-refractivity contribution in [2.24, 2.45) is 0 Å². The minimum atomic E-state index is -0.0594. The third-order valence-corrected chi connectivity index (χ3v) is 4.90. The standard InChI is InChI=1S/C22H21N3O/c1-16-15-17-9-6-7-13-20(17)25(16)21-19(12-8-14-23-21)22(26)24(2)18-10-4-3-5-11-18/h3-14,16H,15H2,1-2H3. The van der Waals surface area contributed by atoms with Crippen molar-refractivity contribution >= 4 is 23.1 Å². The van der Waals surface area contributed by atoms with Crippen LogP contribution in [0.1, 0.15) is 22.8 Å². The number of amides is 1. The van der Waals surface area contributed by atoms with Crippen LogP contribution >= 0.6 is 0 Å². The Morgan fingerprint density at radius 1 is 1.04 bits per heavy atom. The van der Waals surface area contributed by atoms with Crippen LogP contribution in [0.4, 0.5) is 17.2 Å². The number of aromatic nitrogens is 1. The van der Waals surface area contributed by atoms with Crippen molar-refractivity contribution < 1.29 is 4.79 Å². The van der Waals surface area contributed by atoms with E-state index in [2.05, 4.69) is 35.0 Å².